The fraction of sp³-hybridized carbons (Fsp3) is 0.143. The van der Waals surface area contributed by atoms with E-state index in [0.717, 1.165) is 5.69 Å². The minimum atomic E-state index is -3.73. The van der Waals surface area contributed by atoms with Crippen LogP contribution in [0.4, 0.5) is 10.5 Å². The Morgan fingerprint density at radius 2 is 1.86 bits per heavy atom. The molecule has 0 saturated heterocycles. The predicted molar refractivity (Wildman–Crippen MR) is 82.8 cm³/mol. The second kappa shape index (κ2) is 7.01. The molecular formula is C14H16N4O3S. The van der Waals surface area contributed by atoms with Gasteiger partial charge in [-0.2, -0.15) is 0 Å². The molecule has 1 aromatic carbocycles. The third-order valence-corrected chi connectivity index (χ3v) is 3.76. The Balaban J connectivity index is 1.82. The smallest absolute Gasteiger partial charge is 0.319 e. The molecule has 0 unspecified atom stereocenters. The van der Waals surface area contributed by atoms with Crippen LogP contribution in [0.3, 0.4) is 0 Å². The molecule has 4 N–H and O–H groups in total. The van der Waals surface area contributed by atoms with Crippen molar-refractivity contribution >= 4 is 21.7 Å². The van der Waals surface area contributed by atoms with Crippen LogP contribution in [0.25, 0.3) is 0 Å². The lowest BCUT2D eigenvalue weighted by molar-refractivity contribution is 0.252. The number of carbonyl (C=O) groups is 1. The van der Waals surface area contributed by atoms with Gasteiger partial charge in [0.25, 0.3) is 0 Å². The van der Waals surface area contributed by atoms with Gasteiger partial charge in [-0.3, -0.25) is 4.98 Å². The van der Waals surface area contributed by atoms with Crippen LogP contribution in [0.1, 0.15) is 5.69 Å². The fourth-order valence-corrected chi connectivity index (χ4v) is 2.27. The lowest BCUT2D eigenvalue weighted by atomic mass is 10.3. The molecule has 7 nitrogen and oxygen atoms in total. The molecule has 116 valence electrons. The van der Waals surface area contributed by atoms with Crippen molar-refractivity contribution in [3.63, 3.8) is 0 Å². The summed E-state index contributed by atoms with van der Waals surface area (Å²) in [5.74, 6) is 0. The standard InChI is InChI=1S/C14H16N4O3S/c15-22(20,21)13-6-4-12(5-7-13)18-14(19)17-10-8-11-3-1-2-9-16-11/h1-7,9H,8,10H2,(H2,15,20,21)(H2,17,18,19). The molecule has 1 heterocycles. The Morgan fingerprint density at radius 3 is 2.45 bits per heavy atom. The number of carbonyl (C=O) groups excluding carboxylic acids is 1. The average Bonchev–Trinajstić information content (AvgIpc) is 2.48. The Morgan fingerprint density at radius 1 is 1.14 bits per heavy atom. The number of anilines is 1. The fourth-order valence-electron chi connectivity index (χ4n) is 1.75. The number of sulfonamides is 1. The summed E-state index contributed by atoms with van der Waals surface area (Å²) >= 11 is 0. The first-order valence-electron chi connectivity index (χ1n) is 6.53. The molecule has 2 rings (SSSR count). The van der Waals surface area contributed by atoms with E-state index in [1.807, 2.05) is 18.2 Å². The number of rotatable bonds is 5. The predicted octanol–water partition coefficient (Wildman–Crippen LogP) is 1.09. The molecule has 0 bridgehead atoms. The first kappa shape index (κ1) is 15.9. The number of hydrogen-bond donors (Lipinski definition) is 3. The topological polar surface area (TPSA) is 114 Å². The van der Waals surface area contributed by atoms with Gasteiger partial charge in [0.2, 0.25) is 10.0 Å². The van der Waals surface area contributed by atoms with Crippen LogP contribution in [0.2, 0.25) is 0 Å². The van der Waals surface area contributed by atoms with Crippen molar-refractivity contribution in [1.29, 1.82) is 0 Å². The highest BCUT2D eigenvalue weighted by Gasteiger charge is 2.07. The number of hydrogen-bond acceptors (Lipinski definition) is 4. The maximum absolute atomic E-state index is 11.7. The quantitative estimate of drug-likeness (QED) is 0.765. The summed E-state index contributed by atoms with van der Waals surface area (Å²) in [4.78, 5) is 15.8. The van der Waals surface area contributed by atoms with Gasteiger partial charge in [-0.15, -0.1) is 0 Å². The van der Waals surface area contributed by atoms with Gasteiger partial charge in [0.1, 0.15) is 0 Å². The van der Waals surface area contributed by atoms with Crippen molar-refractivity contribution in [2.24, 2.45) is 5.14 Å². The first-order chi connectivity index (χ1) is 10.4. The summed E-state index contributed by atoms with van der Waals surface area (Å²) in [6.07, 6.45) is 2.32. The monoisotopic (exact) mass is 320 g/mol. The Kier molecular flexibility index (Phi) is 5.08. The second-order valence-electron chi connectivity index (χ2n) is 4.52. The van der Waals surface area contributed by atoms with Gasteiger partial charge >= 0.3 is 6.03 Å². The number of pyridine rings is 1. The van der Waals surface area contributed by atoms with Crippen molar-refractivity contribution in [3.8, 4) is 0 Å². The highest BCUT2D eigenvalue weighted by atomic mass is 32.2. The van der Waals surface area contributed by atoms with Gasteiger partial charge < -0.3 is 10.6 Å². The molecule has 0 aliphatic carbocycles. The van der Waals surface area contributed by atoms with Gasteiger partial charge in [-0.05, 0) is 36.4 Å². The van der Waals surface area contributed by atoms with Crippen molar-refractivity contribution in [2.45, 2.75) is 11.3 Å². The SMILES string of the molecule is NS(=O)(=O)c1ccc(NC(=O)NCCc2ccccn2)cc1. The molecular weight excluding hydrogens is 304 g/mol. The largest absolute Gasteiger partial charge is 0.337 e. The molecule has 2 amide bonds. The van der Waals surface area contributed by atoms with Gasteiger partial charge in [-0.1, -0.05) is 6.07 Å². The molecule has 22 heavy (non-hydrogen) atoms. The molecule has 0 spiro atoms. The molecule has 0 radical (unpaired) electrons. The Labute approximate surface area is 128 Å². The second-order valence-corrected chi connectivity index (χ2v) is 6.08. The number of nitrogens with one attached hydrogen (secondary N) is 2. The van der Waals surface area contributed by atoms with Crippen molar-refractivity contribution in [2.75, 3.05) is 11.9 Å². The zero-order chi connectivity index (χ0) is 16.0. The van der Waals surface area contributed by atoms with Crippen LogP contribution in [-0.2, 0) is 16.4 Å². The van der Waals surface area contributed by atoms with Gasteiger partial charge in [0.05, 0.1) is 4.90 Å². The minimum absolute atomic E-state index is 0.00592. The zero-order valence-electron chi connectivity index (χ0n) is 11.7. The van der Waals surface area contributed by atoms with Crippen LogP contribution >= 0.6 is 0 Å². The van der Waals surface area contributed by atoms with E-state index in [4.69, 9.17) is 5.14 Å². The van der Waals surface area contributed by atoms with Crippen molar-refractivity contribution < 1.29 is 13.2 Å². The summed E-state index contributed by atoms with van der Waals surface area (Å²) in [6, 6.07) is 10.8. The summed E-state index contributed by atoms with van der Waals surface area (Å²) in [6.45, 7) is 0.443. The number of primary sulfonamides is 1. The third kappa shape index (κ3) is 4.83. The molecule has 2 aromatic rings. The summed E-state index contributed by atoms with van der Waals surface area (Å²) in [5, 5.41) is 10.3. The zero-order valence-corrected chi connectivity index (χ0v) is 12.5. The van der Waals surface area contributed by atoms with E-state index in [-0.39, 0.29) is 10.9 Å². The van der Waals surface area contributed by atoms with E-state index in [9.17, 15) is 13.2 Å². The van der Waals surface area contributed by atoms with E-state index in [1.165, 1.54) is 24.3 Å². The summed E-state index contributed by atoms with van der Waals surface area (Å²) < 4.78 is 22.2. The minimum Gasteiger partial charge on any atom is -0.337 e. The van der Waals surface area contributed by atoms with Crippen LogP contribution in [-0.4, -0.2) is 26.0 Å². The van der Waals surface area contributed by atoms with E-state index >= 15 is 0 Å². The van der Waals surface area contributed by atoms with E-state index in [1.54, 1.807) is 6.20 Å². The first-order valence-corrected chi connectivity index (χ1v) is 8.07. The van der Waals surface area contributed by atoms with Crippen LogP contribution in [0, 0.1) is 0 Å². The van der Waals surface area contributed by atoms with E-state index in [2.05, 4.69) is 15.6 Å². The molecule has 1 aromatic heterocycles. The third-order valence-electron chi connectivity index (χ3n) is 2.83. The lowest BCUT2D eigenvalue weighted by Crippen LogP contribution is -2.30. The van der Waals surface area contributed by atoms with Gasteiger partial charge in [0.15, 0.2) is 0 Å². The van der Waals surface area contributed by atoms with Gasteiger partial charge in [-0.25, -0.2) is 18.4 Å². The van der Waals surface area contributed by atoms with E-state index < -0.39 is 10.0 Å². The maximum atomic E-state index is 11.7. The highest BCUT2D eigenvalue weighted by Crippen LogP contribution is 2.12. The highest BCUT2D eigenvalue weighted by molar-refractivity contribution is 7.89. The molecule has 0 saturated carbocycles. The summed E-state index contributed by atoms with van der Waals surface area (Å²) in [5.41, 5.74) is 1.36. The number of benzene rings is 1. The number of urea groups is 1. The van der Waals surface area contributed by atoms with Gasteiger partial charge in [0, 0.05) is 30.5 Å². The number of nitrogens with two attached hydrogens (primary N) is 1. The number of amides is 2. The molecule has 0 aliphatic rings. The van der Waals surface area contributed by atoms with Crippen LogP contribution in [0.15, 0.2) is 53.6 Å². The molecule has 0 fully saturated rings. The van der Waals surface area contributed by atoms with Crippen LogP contribution < -0.4 is 15.8 Å². The summed E-state index contributed by atoms with van der Waals surface area (Å²) in [7, 11) is -3.73. The van der Waals surface area contributed by atoms with Crippen LogP contribution in [0.5, 0.6) is 0 Å². The normalized spacial score (nSPS) is 11.0. The van der Waals surface area contributed by atoms with Crippen molar-refractivity contribution in [3.05, 3.63) is 54.4 Å². The Hall–Kier alpha value is -2.45. The maximum Gasteiger partial charge on any atom is 0.319 e. The number of nitrogens with zero attached hydrogens (tertiary/aromatic N) is 1. The van der Waals surface area contributed by atoms with Crippen molar-refractivity contribution in [1.82, 2.24) is 10.3 Å². The molecule has 8 heteroatoms. The number of aromatic nitrogens is 1. The lowest BCUT2D eigenvalue weighted by Gasteiger charge is -2.08. The molecule has 0 aliphatic heterocycles. The van der Waals surface area contributed by atoms with E-state index in [0.29, 0.717) is 18.7 Å². The molecule has 0 atom stereocenters. The Bertz CT molecular complexity index is 730. The average molecular weight is 320 g/mol.